The first-order valence-corrected chi connectivity index (χ1v) is 10.4. The first kappa shape index (κ1) is 19.9. The molecule has 0 radical (unpaired) electrons. The van der Waals surface area contributed by atoms with E-state index in [1.165, 1.54) is 0 Å². The Morgan fingerprint density at radius 3 is 2.47 bits per heavy atom. The van der Waals surface area contributed by atoms with Gasteiger partial charge in [0.15, 0.2) is 11.5 Å². The van der Waals surface area contributed by atoms with E-state index in [0.717, 1.165) is 16.9 Å². The third-order valence-corrected chi connectivity index (χ3v) is 6.33. The molecule has 0 unspecified atom stereocenters. The predicted octanol–water partition coefficient (Wildman–Crippen LogP) is 0.204. The monoisotopic (exact) mass is 446 g/mol. The zero-order valence-corrected chi connectivity index (χ0v) is 16.8. The minimum Gasteiger partial charge on any atom is -0.492 e. The molecule has 0 amide bonds. The summed E-state index contributed by atoms with van der Waals surface area (Å²) in [4.78, 5) is 0. The highest BCUT2D eigenvalue weighted by Gasteiger charge is 2.45. The Morgan fingerprint density at radius 1 is 0.844 bits per heavy atom. The largest absolute Gasteiger partial charge is 0.492 e. The lowest BCUT2D eigenvalue weighted by molar-refractivity contribution is -0.277. The molecule has 0 spiro atoms. The Hall–Kier alpha value is -2.76. The molecule has 10 heteroatoms. The topological polar surface area (TPSA) is 136 Å². The van der Waals surface area contributed by atoms with Gasteiger partial charge in [0.05, 0.1) is 19.1 Å². The molecule has 0 aliphatic carbocycles. The summed E-state index contributed by atoms with van der Waals surface area (Å²) in [6, 6.07) is 8.94. The second-order valence-electron chi connectivity index (χ2n) is 8.21. The van der Waals surface area contributed by atoms with Crippen molar-refractivity contribution in [2.45, 2.75) is 42.7 Å². The maximum absolute atomic E-state index is 10.2. The molecular weight excluding hydrogens is 424 g/mol. The summed E-state index contributed by atoms with van der Waals surface area (Å²) in [6.45, 7) is 0.0648. The molecule has 10 nitrogen and oxygen atoms in total. The van der Waals surface area contributed by atoms with Crippen LogP contribution in [0.5, 0.6) is 28.7 Å². The SMILES string of the molecule is OC[C@H]1O[C@@H](Oc2ccc3c(c2)OC[C@H]2c4cc5c(cc4O[C@@H]32)OCO5)[C@H](O)[C@@H](O)[C@H]1O. The fraction of sp³-hybridized carbons (Fsp3) is 0.455. The summed E-state index contributed by atoms with van der Waals surface area (Å²) in [5.74, 6) is 3.00. The van der Waals surface area contributed by atoms with Gasteiger partial charge in [0.25, 0.3) is 0 Å². The molecule has 0 saturated carbocycles. The highest BCUT2D eigenvalue weighted by Crippen LogP contribution is 2.54. The third-order valence-electron chi connectivity index (χ3n) is 6.33. The molecule has 6 rings (SSSR count). The van der Waals surface area contributed by atoms with Crippen molar-refractivity contribution in [2.24, 2.45) is 0 Å². The average molecular weight is 446 g/mol. The lowest BCUT2D eigenvalue weighted by Gasteiger charge is -2.39. The van der Waals surface area contributed by atoms with Gasteiger partial charge in [-0.25, -0.2) is 0 Å². The number of ether oxygens (including phenoxy) is 6. The van der Waals surface area contributed by atoms with Gasteiger partial charge in [0, 0.05) is 23.3 Å². The fourth-order valence-corrected chi connectivity index (χ4v) is 4.60. The number of aliphatic hydroxyl groups is 4. The van der Waals surface area contributed by atoms with Gasteiger partial charge >= 0.3 is 0 Å². The molecule has 0 aromatic heterocycles. The van der Waals surface area contributed by atoms with E-state index in [-0.39, 0.29) is 18.8 Å². The number of fused-ring (bicyclic) bond motifs is 6. The third kappa shape index (κ3) is 2.99. The zero-order valence-electron chi connectivity index (χ0n) is 16.8. The smallest absolute Gasteiger partial charge is 0.231 e. The van der Waals surface area contributed by atoms with Gasteiger partial charge in [-0.15, -0.1) is 0 Å². The van der Waals surface area contributed by atoms with Crippen LogP contribution < -0.4 is 23.7 Å². The van der Waals surface area contributed by atoms with Crippen LogP contribution in [0.15, 0.2) is 30.3 Å². The van der Waals surface area contributed by atoms with Crippen LogP contribution in [0.4, 0.5) is 0 Å². The standard InChI is InChI=1S/C22H22O10/c23-6-17-18(24)19(25)20(26)22(32-17)30-9-1-2-10-13(3-9)27-7-12-11-4-15-16(29-8-28-15)5-14(11)31-21(10)12/h1-5,12,17-26H,6-8H2/t12-,17+,18-,19-,20+,21-,22+/m0/s1. The van der Waals surface area contributed by atoms with Crippen molar-refractivity contribution in [3.05, 3.63) is 41.5 Å². The molecule has 4 N–H and O–H groups in total. The van der Waals surface area contributed by atoms with Gasteiger partial charge < -0.3 is 48.8 Å². The van der Waals surface area contributed by atoms with Gasteiger partial charge in [-0.1, -0.05) is 0 Å². The summed E-state index contributed by atoms with van der Waals surface area (Å²) in [5, 5.41) is 39.4. The molecule has 1 saturated heterocycles. The van der Waals surface area contributed by atoms with E-state index in [9.17, 15) is 20.4 Å². The minimum atomic E-state index is -1.51. The van der Waals surface area contributed by atoms with Crippen LogP contribution in [0.2, 0.25) is 0 Å². The number of hydrogen-bond donors (Lipinski definition) is 4. The van der Waals surface area contributed by atoms with Crippen LogP contribution in [0, 0.1) is 0 Å². The first-order valence-electron chi connectivity index (χ1n) is 10.4. The van der Waals surface area contributed by atoms with Crippen molar-refractivity contribution in [3.63, 3.8) is 0 Å². The Morgan fingerprint density at radius 2 is 1.66 bits per heavy atom. The highest BCUT2D eigenvalue weighted by molar-refractivity contribution is 5.57. The lowest BCUT2D eigenvalue weighted by atomic mass is 9.89. The van der Waals surface area contributed by atoms with Crippen molar-refractivity contribution in [1.82, 2.24) is 0 Å². The molecule has 7 atom stereocenters. The Bertz CT molecular complexity index is 1040. The van der Waals surface area contributed by atoms with Crippen LogP contribution in [0.1, 0.15) is 23.1 Å². The fourth-order valence-electron chi connectivity index (χ4n) is 4.60. The van der Waals surface area contributed by atoms with Crippen molar-refractivity contribution >= 4 is 0 Å². The first-order chi connectivity index (χ1) is 15.5. The van der Waals surface area contributed by atoms with Gasteiger partial charge in [0.1, 0.15) is 47.8 Å². The van der Waals surface area contributed by atoms with Crippen LogP contribution in [-0.2, 0) is 4.74 Å². The van der Waals surface area contributed by atoms with Crippen LogP contribution in [-0.4, -0.2) is 71.1 Å². The van der Waals surface area contributed by atoms with E-state index in [1.54, 1.807) is 12.1 Å². The minimum absolute atomic E-state index is 0.00390. The Labute approximate surface area is 182 Å². The number of benzene rings is 2. The number of rotatable bonds is 3. The number of hydrogen-bond acceptors (Lipinski definition) is 10. The quantitative estimate of drug-likeness (QED) is 0.518. The summed E-state index contributed by atoms with van der Waals surface area (Å²) in [5.41, 5.74) is 1.85. The molecule has 170 valence electrons. The molecule has 4 aliphatic rings. The summed E-state index contributed by atoms with van der Waals surface area (Å²) in [7, 11) is 0. The highest BCUT2D eigenvalue weighted by atomic mass is 16.7. The molecule has 4 heterocycles. The van der Waals surface area contributed by atoms with E-state index in [1.807, 2.05) is 18.2 Å². The lowest BCUT2D eigenvalue weighted by Crippen LogP contribution is -2.60. The number of aliphatic hydroxyl groups excluding tert-OH is 4. The normalized spacial score (nSPS) is 34.1. The predicted molar refractivity (Wildman–Crippen MR) is 105 cm³/mol. The summed E-state index contributed by atoms with van der Waals surface area (Å²) >= 11 is 0. The van der Waals surface area contributed by atoms with Gasteiger partial charge in [0.2, 0.25) is 13.1 Å². The van der Waals surface area contributed by atoms with E-state index in [0.29, 0.717) is 29.6 Å². The van der Waals surface area contributed by atoms with E-state index < -0.39 is 37.3 Å². The Balaban J connectivity index is 1.23. The van der Waals surface area contributed by atoms with E-state index >= 15 is 0 Å². The van der Waals surface area contributed by atoms with Crippen LogP contribution >= 0.6 is 0 Å². The summed E-state index contributed by atoms with van der Waals surface area (Å²) in [6.07, 6.45) is -7.01. The van der Waals surface area contributed by atoms with Crippen molar-refractivity contribution in [1.29, 1.82) is 0 Å². The Kier molecular flexibility index (Phi) is 4.60. The van der Waals surface area contributed by atoms with Crippen LogP contribution in [0.25, 0.3) is 0 Å². The van der Waals surface area contributed by atoms with Crippen LogP contribution in [0.3, 0.4) is 0 Å². The van der Waals surface area contributed by atoms with E-state index in [2.05, 4.69) is 0 Å². The van der Waals surface area contributed by atoms with Crippen molar-refractivity contribution < 1.29 is 48.8 Å². The maximum atomic E-state index is 10.2. The van der Waals surface area contributed by atoms with Gasteiger partial charge in [-0.3, -0.25) is 0 Å². The van der Waals surface area contributed by atoms with Crippen molar-refractivity contribution in [3.8, 4) is 28.7 Å². The molecule has 0 bridgehead atoms. The van der Waals surface area contributed by atoms with Gasteiger partial charge in [-0.2, -0.15) is 0 Å². The molecule has 32 heavy (non-hydrogen) atoms. The molecule has 2 aromatic carbocycles. The average Bonchev–Trinajstić information content (AvgIpc) is 3.41. The molecule has 1 fully saturated rings. The second kappa shape index (κ2) is 7.39. The maximum Gasteiger partial charge on any atom is 0.231 e. The zero-order chi connectivity index (χ0) is 22.0. The molecule has 2 aromatic rings. The molecular formula is C22H22O10. The van der Waals surface area contributed by atoms with E-state index in [4.69, 9.17) is 28.4 Å². The second-order valence-corrected chi connectivity index (χ2v) is 8.21. The van der Waals surface area contributed by atoms with Gasteiger partial charge in [-0.05, 0) is 18.2 Å². The van der Waals surface area contributed by atoms with Crippen molar-refractivity contribution in [2.75, 3.05) is 20.0 Å². The molecule has 4 aliphatic heterocycles. The summed E-state index contributed by atoms with van der Waals surface area (Å²) < 4.78 is 34.2.